The zero-order valence-corrected chi connectivity index (χ0v) is 17.6. The molecular weight excluding hydrogens is 440 g/mol. The lowest BCUT2D eigenvalue weighted by molar-refractivity contribution is -0.114. The van der Waals surface area contributed by atoms with Crippen molar-refractivity contribution in [2.45, 2.75) is 0 Å². The highest BCUT2D eigenvalue weighted by Gasteiger charge is 2.21. The molecule has 0 saturated heterocycles. The van der Waals surface area contributed by atoms with E-state index >= 15 is 0 Å². The number of amides is 1. The maximum Gasteiger partial charge on any atom is 0.245 e. The molecule has 28 heavy (non-hydrogen) atoms. The Balaban J connectivity index is 1.85. The van der Waals surface area contributed by atoms with Gasteiger partial charge < -0.3 is 5.32 Å². The van der Waals surface area contributed by atoms with Crippen LogP contribution in [-0.2, 0) is 14.8 Å². The predicted molar refractivity (Wildman–Crippen MR) is 117 cm³/mol. The molecule has 0 aromatic heterocycles. The zero-order valence-electron chi connectivity index (χ0n) is 15.2. The molecule has 0 bridgehead atoms. The van der Waals surface area contributed by atoms with E-state index in [9.17, 15) is 13.2 Å². The average molecular weight is 459 g/mol. The monoisotopic (exact) mass is 458 g/mol. The van der Waals surface area contributed by atoms with Gasteiger partial charge >= 0.3 is 0 Å². The Morgan fingerprint density at radius 1 is 0.964 bits per heavy atom. The maximum atomic E-state index is 12.7. The summed E-state index contributed by atoms with van der Waals surface area (Å²) >= 11 is 3.33. The van der Waals surface area contributed by atoms with Gasteiger partial charge in [-0.05, 0) is 29.8 Å². The number of hydrogen-bond acceptors (Lipinski definition) is 3. The lowest BCUT2D eigenvalue weighted by Crippen LogP contribution is -2.37. The average Bonchev–Trinajstić information content (AvgIpc) is 2.66. The van der Waals surface area contributed by atoms with Crippen molar-refractivity contribution in [2.75, 3.05) is 22.4 Å². The van der Waals surface area contributed by atoms with Crippen LogP contribution >= 0.6 is 15.9 Å². The quantitative estimate of drug-likeness (QED) is 0.590. The third kappa shape index (κ3) is 4.99. The second kappa shape index (κ2) is 8.58. The first-order chi connectivity index (χ1) is 13.3. The third-order valence-corrected chi connectivity index (χ3v) is 5.70. The zero-order chi connectivity index (χ0) is 20.1. The molecule has 0 heterocycles. The standard InChI is InChI=1S/C21H19BrN2O3S/c1-28(26,27)24(18-11-7-10-17(22)14-18)15-21(25)23-20-13-6-5-12-19(20)16-8-3-2-4-9-16/h2-14H,15H2,1H3,(H,23,25). The van der Waals surface area contributed by atoms with Crippen LogP contribution in [0.4, 0.5) is 11.4 Å². The Hall–Kier alpha value is -2.64. The van der Waals surface area contributed by atoms with Crippen LogP contribution in [-0.4, -0.2) is 27.1 Å². The lowest BCUT2D eigenvalue weighted by Gasteiger charge is -2.22. The Kier molecular flexibility index (Phi) is 6.16. The molecule has 0 spiro atoms. The van der Waals surface area contributed by atoms with Crippen LogP contribution < -0.4 is 9.62 Å². The van der Waals surface area contributed by atoms with Gasteiger partial charge in [-0.3, -0.25) is 9.10 Å². The highest BCUT2D eigenvalue weighted by atomic mass is 79.9. The third-order valence-electron chi connectivity index (χ3n) is 4.07. The molecule has 0 atom stereocenters. The lowest BCUT2D eigenvalue weighted by atomic mass is 10.0. The van der Waals surface area contributed by atoms with E-state index < -0.39 is 15.9 Å². The summed E-state index contributed by atoms with van der Waals surface area (Å²) in [6.07, 6.45) is 1.08. The molecule has 0 aliphatic carbocycles. The Morgan fingerprint density at radius 2 is 1.64 bits per heavy atom. The fraction of sp³-hybridized carbons (Fsp3) is 0.0952. The number of rotatable bonds is 6. The number of carbonyl (C=O) groups is 1. The first-order valence-corrected chi connectivity index (χ1v) is 11.2. The van der Waals surface area contributed by atoms with Gasteiger partial charge in [0.25, 0.3) is 0 Å². The van der Waals surface area contributed by atoms with E-state index in [4.69, 9.17) is 0 Å². The van der Waals surface area contributed by atoms with Gasteiger partial charge in [-0.25, -0.2) is 8.42 Å². The Labute approximate surface area is 173 Å². The Morgan fingerprint density at radius 3 is 2.32 bits per heavy atom. The van der Waals surface area contributed by atoms with Crippen LogP contribution in [0.2, 0.25) is 0 Å². The van der Waals surface area contributed by atoms with Crippen LogP contribution in [0.25, 0.3) is 11.1 Å². The van der Waals surface area contributed by atoms with Crippen LogP contribution in [0.1, 0.15) is 0 Å². The summed E-state index contributed by atoms with van der Waals surface area (Å²) in [5.74, 6) is -0.422. The molecule has 7 heteroatoms. The molecule has 5 nitrogen and oxygen atoms in total. The van der Waals surface area contributed by atoms with Crippen molar-refractivity contribution < 1.29 is 13.2 Å². The molecular formula is C21H19BrN2O3S. The smallest absolute Gasteiger partial charge is 0.245 e. The van der Waals surface area contributed by atoms with Crippen LogP contribution in [0.5, 0.6) is 0 Å². The number of anilines is 2. The summed E-state index contributed by atoms with van der Waals surface area (Å²) in [5.41, 5.74) is 2.87. The second-order valence-corrected chi connectivity index (χ2v) is 9.03. The summed E-state index contributed by atoms with van der Waals surface area (Å²) in [6.45, 7) is -0.321. The van der Waals surface area contributed by atoms with E-state index in [0.717, 1.165) is 26.2 Å². The maximum absolute atomic E-state index is 12.7. The molecule has 0 fully saturated rings. The number of sulfonamides is 1. The molecule has 0 saturated carbocycles. The highest BCUT2D eigenvalue weighted by Crippen LogP contribution is 2.28. The minimum Gasteiger partial charge on any atom is -0.324 e. The summed E-state index contributed by atoms with van der Waals surface area (Å²) < 4.78 is 26.3. The van der Waals surface area contributed by atoms with Crippen LogP contribution in [0.15, 0.2) is 83.3 Å². The van der Waals surface area contributed by atoms with Gasteiger partial charge in [0.1, 0.15) is 6.54 Å². The fourth-order valence-electron chi connectivity index (χ4n) is 2.81. The molecule has 3 aromatic rings. The van der Waals surface area contributed by atoms with E-state index in [-0.39, 0.29) is 6.54 Å². The first-order valence-electron chi connectivity index (χ1n) is 8.52. The number of carbonyl (C=O) groups excluding carboxylic acids is 1. The number of benzene rings is 3. The van der Waals surface area contributed by atoms with Crippen molar-refractivity contribution in [1.29, 1.82) is 0 Å². The Bertz CT molecular complexity index is 1090. The van der Waals surface area contributed by atoms with Gasteiger partial charge in [0, 0.05) is 15.7 Å². The molecule has 3 rings (SSSR count). The molecule has 0 unspecified atom stereocenters. The minimum absolute atomic E-state index is 0.321. The molecule has 144 valence electrons. The van der Waals surface area contributed by atoms with Gasteiger partial charge in [0.05, 0.1) is 11.9 Å². The van der Waals surface area contributed by atoms with Crippen molar-refractivity contribution in [1.82, 2.24) is 0 Å². The van der Waals surface area contributed by atoms with Crippen LogP contribution in [0.3, 0.4) is 0 Å². The molecule has 0 aliphatic heterocycles. The molecule has 1 amide bonds. The minimum atomic E-state index is -3.63. The second-order valence-electron chi connectivity index (χ2n) is 6.21. The molecule has 3 aromatic carbocycles. The van der Waals surface area contributed by atoms with E-state index in [2.05, 4.69) is 21.2 Å². The molecule has 0 aliphatic rings. The van der Waals surface area contributed by atoms with Crippen molar-refractivity contribution in [3.8, 4) is 11.1 Å². The number of nitrogens with one attached hydrogen (secondary N) is 1. The number of nitrogens with zero attached hydrogens (tertiary/aromatic N) is 1. The summed E-state index contributed by atoms with van der Waals surface area (Å²) in [7, 11) is -3.63. The van der Waals surface area contributed by atoms with Crippen LogP contribution in [0, 0.1) is 0 Å². The van der Waals surface area contributed by atoms with Gasteiger partial charge in [0.15, 0.2) is 0 Å². The summed E-state index contributed by atoms with van der Waals surface area (Å²) in [6, 6.07) is 23.9. The van der Waals surface area contributed by atoms with E-state index in [0.29, 0.717) is 11.4 Å². The number of para-hydroxylation sites is 1. The van der Waals surface area contributed by atoms with E-state index in [1.165, 1.54) is 0 Å². The number of halogens is 1. The summed E-state index contributed by atoms with van der Waals surface area (Å²) in [5, 5.41) is 2.84. The predicted octanol–water partition coefficient (Wildman–Crippen LogP) is 4.52. The highest BCUT2D eigenvalue weighted by molar-refractivity contribution is 9.10. The van der Waals surface area contributed by atoms with Gasteiger partial charge in [-0.15, -0.1) is 0 Å². The number of hydrogen-bond donors (Lipinski definition) is 1. The molecule has 1 N–H and O–H groups in total. The largest absolute Gasteiger partial charge is 0.324 e. The van der Waals surface area contributed by atoms with Crippen molar-refractivity contribution >= 4 is 43.2 Å². The fourth-order valence-corrected chi connectivity index (χ4v) is 4.05. The molecule has 0 radical (unpaired) electrons. The topological polar surface area (TPSA) is 66.5 Å². The van der Waals surface area contributed by atoms with Gasteiger partial charge in [-0.1, -0.05) is 70.5 Å². The van der Waals surface area contributed by atoms with Crippen molar-refractivity contribution in [2.24, 2.45) is 0 Å². The first kappa shape index (κ1) is 20.1. The van der Waals surface area contributed by atoms with Gasteiger partial charge in [-0.2, -0.15) is 0 Å². The van der Waals surface area contributed by atoms with E-state index in [1.54, 1.807) is 30.3 Å². The van der Waals surface area contributed by atoms with E-state index in [1.807, 2.05) is 48.5 Å². The van der Waals surface area contributed by atoms with Crippen molar-refractivity contribution in [3.05, 3.63) is 83.3 Å². The summed E-state index contributed by atoms with van der Waals surface area (Å²) in [4.78, 5) is 12.7. The van der Waals surface area contributed by atoms with Crippen molar-refractivity contribution in [3.63, 3.8) is 0 Å². The normalized spacial score (nSPS) is 11.1. The van der Waals surface area contributed by atoms with Gasteiger partial charge in [0.2, 0.25) is 15.9 Å². The SMILES string of the molecule is CS(=O)(=O)N(CC(=O)Nc1ccccc1-c1ccccc1)c1cccc(Br)c1.